The summed E-state index contributed by atoms with van der Waals surface area (Å²) in [6.45, 7) is -0.305. The van der Waals surface area contributed by atoms with Crippen molar-refractivity contribution in [2.45, 2.75) is 0 Å². The topological polar surface area (TPSA) is 36.5 Å². The third-order valence-electron chi connectivity index (χ3n) is 12.3. The van der Waals surface area contributed by atoms with E-state index in [2.05, 4.69) is 180 Å². The van der Waals surface area contributed by atoms with Crippen LogP contribution in [-0.4, -0.2) is 11.5 Å². The highest BCUT2D eigenvalue weighted by molar-refractivity contribution is 6.84. The highest BCUT2D eigenvalue weighted by Gasteiger charge is 2.41. The Morgan fingerprint density at radius 1 is 0.390 bits per heavy atom. The molecule has 59 heavy (non-hydrogen) atoms. The Balaban J connectivity index is 0.932. The summed E-state index contributed by atoms with van der Waals surface area (Å²) in [6.07, 6.45) is 0. The first-order chi connectivity index (χ1) is 29.2. The molecule has 0 radical (unpaired) electrons. The average Bonchev–Trinajstić information content (AvgIpc) is 3.85. The Morgan fingerprint density at radius 3 is 1.83 bits per heavy atom. The normalized spacial score (nSPS) is 12.6. The molecule has 274 valence electrons. The van der Waals surface area contributed by atoms with Crippen molar-refractivity contribution in [2.24, 2.45) is 0 Å². The van der Waals surface area contributed by atoms with E-state index >= 15 is 0 Å². The summed E-state index contributed by atoms with van der Waals surface area (Å²) in [7, 11) is 0. The molecule has 2 aliphatic heterocycles. The van der Waals surface area contributed by atoms with Crippen LogP contribution in [0, 0.1) is 0 Å². The molecule has 4 heterocycles. The molecule has 0 saturated heterocycles. The monoisotopic (exact) mass is 753 g/mol. The number of furan rings is 1. The molecule has 0 fully saturated rings. The van der Waals surface area contributed by atoms with Crippen LogP contribution in [0.5, 0.6) is 17.2 Å². The maximum absolute atomic E-state index is 7.00. The summed E-state index contributed by atoms with van der Waals surface area (Å²) in [4.78, 5) is 0. The molecule has 0 aliphatic carbocycles. The Kier molecular flexibility index (Phi) is 6.78. The molecule has 0 atom stereocenters. The predicted molar refractivity (Wildman–Crippen MR) is 242 cm³/mol. The molecule has 4 nitrogen and oxygen atoms in total. The van der Waals surface area contributed by atoms with Crippen LogP contribution in [0.3, 0.4) is 0 Å². The summed E-state index contributed by atoms with van der Waals surface area (Å²) in [5, 5.41) is 4.74. The van der Waals surface area contributed by atoms with Crippen LogP contribution in [0.1, 0.15) is 0 Å². The fourth-order valence-corrected chi connectivity index (χ4v) is 9.67. The molecule has 0 spiro atoms. The second-order valence-corrected chi connectivity index (χ2v) is 15.5. The number of hydrogen-bond acceptors (Lipinski definition) is 3. The third kappa shape index (κ3) is 4.79. The van der Waals surface area contributed by atoms with Gasteiger partial charge in [-0.25, -0.2) is 0 Å². The van der Waals surface area contributed by atoms with Crippen LogP contribution in [0.4, 0.5) is 0 Å². The second-order valence-electron chi connectivity index (χ2n) is 15.5. The van der Waals surface area contributed by atoms with Gasteiger partial charge in [-0.2, -0.15) is 0 Å². The van der Waals surface area contributed by atoms with E-state index in [4.69, 9.17) is 13.8 Å². The van der Waals surface area contributed by atoms with Crippen molar-refractivity contribution in [2.75, 3.05) is 0 Å². The predicted octanol–water partition coefficient (Wildman–Crippen LogP) is 13.0. The van der Waals surface area contributed by atoms with E-state index in [1.807, 2.05) is 18.2 Å². The first-order valence-corrected chi connectivity index (χ1v) is 20.1. The summed E-state index contributed by atoms with van der Waals surface area (Å²) in [5.74, 6) is 2.48. The van der Waals surface area contributed by atoms with E-state index in [-0.39, 0.29) is 6.92 Å². The Bertz CT molecular complexity index is 3470. The van der Waals surface area contributed by atoms with E-state index in [0.717, 1.165) is 100 Å². The quantitative estimate of drug-likeness (QED) is 0.168. The van der Waals surface area contributed by atoms with E-state index in [1.165, 1.54) is 21.8 Å². The number of rotatable bonds is 4. The van der Waals surface area contributed by atoms with Gasteiger partial charge in [0.2, 0.25) is 0 Å². The van der Waals surface area contributed by atoms with Crippen LogP contribution in [0.15, 0.2) is 199 Å². The van der Waals surface area contributed by atoms with Gasteiger partial charge in [-0.3, -0.25) is 0 Å². The maximum atomic E-state index is 7.00. The molecule has 11 aromatic rings. The fourth-order valence-electron chi connectivity index (χ4n) is 9.67. The van der Waals surface area contributed by atoms with Gasteiger partial charge in [-0.15, -0.1) is 0 Å². The highest BCUT2D eigenvalue weighted by Crippen LogP contribution is 2.45. The highest BCUT2D eigenvalue weighted by atomic mass is 16.5. The summed E-state index contributed by atoms with van der Waals surface area (Å²) in [6, 6.07) is 68.8. The van der Waals surface area contributed by atoms with Crippen molar-refractivity contribution < 1.29 is 13.8 Å². The van der Waals surface area contributed by atoms with Crippen molar-refractivity contribution in [1.82, 2.24) is 4.57 Å². The first kappa shape index (κ1) is 32.3. The smallest absolute Gasteiger partial charge is 0.434 e. The number of ether oxygens (including phenoxy) is 1. The van der Waals surface area contributed by atoms with Crippen molar-refractivity contribution in [3.05, 3.63) is 194 Å². The molecular weight excluding hydrogens is 721 g/mol. The van der Waals surface area contributed by atoms with Crippen molar-refractivity contribution in [1.29, 1.82) is 0 Å². The molecule has 2 aromatic heterocycles. The molecule has 13 rings (SSSR count). The molecule has 2 aliphatic rings. The molecule has 0 saturated carbocycles. The molecule has 5 heteroatoms. The third-order valence-corrected chi connectivity index (χ3v) is 12.3. The van der Waals surface area contributed by atoms with Gasteiger partial charge in [0.25, 0.3) is 0 Å². The average molecular weight is 754 g/mol. The molecule has 0 unspecified atom stereocenters. The number of nitrogens with zero attached hydrogens (tertiary/aromatic N) is 1. The molecule has 0 bridgehead atoms. The Morgan fingerprint density at radius 2 is 1.02 bits per heavy atom. The minimum atomic E-state index is -0.305. The largest absolute Gasteiger partial charge is 0.551 e. The zero-order valence-corrected chi connectivity index (χ0v) is 31.7. The molecule has 0 amide bonds. The zero-order chi connectivity index (χ0) is 38.6. The first-order valence-electron chi connectivity index (χ1n) is 20.1. The van der Waals surface area contributed by atoms with Crippen LogP contribution in [0.25, 0.3) is 93.9 Å². The van der Waals surface area contributed by atoms with Crippen LogP contribution >= 0.6 is 0 Å². The number of hydrogen-bond donors (Lipinski definition) is 0. The number of fused-ring (bicyclic) bond motifs is 10. The standard InChI is InChI=1S/C54H32BNO3/c1-2-13-38(42-18-11-23-50-53(42)43-17-6-9-21-48(43)57-50)37(12-1)35-30-44-41-16-5-10-22-49(41)59-55-45-29-26-34(31-51(45)58-52(32-35)54(44)55)33-24-27-36(28-25-33)56-46-19-7-3-14-39(46)40-15-4-8-20-47(40)56/h1-32H. The molecule has 9 aromatic carbocycles. The minimum Gasteiger partial charge on any atom is -0.551 e. The zero-order valence-electron chi connectivity index (χ0n) is 31.7. The summed E-state index contributed by atoms with van der Waals surface area (Å²) in [5.41, 5.74) is 16.2. The van der Waals surface area contributed by atoms with Gasteiger partial charge < -0.3 is 18.4 Å². The van der Waals surface area contributed by atoms with Gasteiger partial charge in [0.1, 0.15) is 28.4 Å². The SMILES string of the molecule is c1ccc2c(c1)OB1c3ccc(-c4ccc(-n5c6ccccc6c6ccccc65)cc4)cc3Oc3cc(-c4ccccc4-c4cccc5oc6ccccc6c45)cc-2c31. The molecular formula is C54H32BNO3. The van der Waals surface area contributed by atoms with Gasteiger partial charge in [-0.05, 0) is 99.6 Å². The van der Waals surface area contributed by atoms with Crippen LogP contribution < -0.4 is 20.3 Å². The lowest BCUT2D eigenvalue weighted by molar-refractivity contribution is 0.480. The van der Waals surface area contributed by atoms with Gasteiger partial charge in [-0.1, -0.05) is 133 Å². The Labute approximate surface area is 340 Å². The summed E-state index contributed by atoms with van der Waals surface area (Å²) < 4.78 is 22.5. The van der Waals surface area contributed by atoms with E-state index < -0.39 is 0 Å². The lowest BCUT2D eigenvalue weighted by Gasteiger charge is -2.33. The van der Waals surface area contributed by atoms with Crippen molar-refractivity contribution in [3.63, 3.8) is 0 Å². The van der Waals surface area contributed by atoms with Gasteiger partial charge >= 0.3 is 6.92 Å². The van der Waals surface area contributed by atoms with Gasteiger partial charge in [0.05, 0.1) is 11.0 Å². The van der Waals surface area contributed by atoms with E-state index in [9.17, 15) is 0 Å². The Hall–Kier alpha value is -7.76. The number of para-hydroxylation sites is 4. The lowest BCUT2D eigenvalue weighted by Crippen LogP contribution is -2.53. The lowest BCUT2D eigenvalue weighted by atomic mass is 9.50. The maximum Gasteiger partial charge on any atom is 0.434 e. The van der Waals surface area contributed by atoms with Crippen LogP contribution in [-0.2, 0) is 0 Å². The summed E-state index contributed by atoms with van der Waals surface area (Å²) >= 11 is 0. The number of benzene rings is 9. The minimum absolute atomic E-state index is 0.305. The molecule has 0 N–H and O–H groups in total. The van der Waals surface area contributed by atoms with Crippen molar-refractivity contribution in [3.8, 4) is 67.4 Å². The van der Waals surface area contributed by atoms with Gasteiger partial charge in [0.15, 0.2) is 0 Å². The van der Waals surface area contributed by atoms with Crippen molar-refractivity contribution >= 4 is 61.6 Å². The fraction of sp³-hybridized carbons (Fsp3) is 0. The number of aromatic nitrogens is 1. The second kappa shape index (κ2) is 12.4. The van der Waals surface area contributed by atoms with E-state index in [0.29, 0.717) is 0 Å². The van der Waals surface area contributed by atoms with E-state index in [1.54, 1.807) is 0 Å². The van der Waals surface area contributed by atoms with Crippen LogP contribution in [0.2, 0.25) is 0 Å². The van der Waals surface area contributed by atoms with Gasteiger partial charge in [0, 0.05) is 43.7 Å².